The van der Waals surface area contributed by atoms with Crippen molar-refractivity contribution in [2.75, 3.05) is 37.3 Å². The summed E-state index contributed by atoms with van der Waals surface area (Å²) in [6.45, 7) is 1.43. The maximum absolute atomic E-state index is 11.8. The van der Waals surface area contributed by atoms with Gasteiger partial charge in [0.2, 0.25) is 15.9 Å². The molecule has 8 heteroatoms. The minimum Gasteiger partial charge on any atom is -0.397 e. The summed E-state index contributed by atoms with van der Waals surface area (Å²) >= 11 is 0. The fourth-order valence-corrected chi connectivity index (χ4v) is 2.84. The van der Waals surface area contributed by atoms with Crippen molar-refractivity contribution in [1.29, 1.82) is 0 Å². The molecule has 1 aliphatic rings. The number of benzene rings is 1. The van der Waals surface area contributed by atoms with Gasteiger partial charge in [0.05, 0.1) is 22.8 Å². The van der Waals surface area contributed by atoms with E-state index < -0.39 is 10.0 Å². The zero-order valence-electron chi connectivity index (χ0n) is 11.2. The first-order chi connectivity index (χ1) is 9.44. The monoisotopic (exact) mass is 298 g/mol. The van der Waals surface area contributed by atoms with Crippen LogP contribution in [-0.2, 0) is 14.8 Å². The summed E-state index contributed by atoms with van der Waals surface area (Å²) in [5, 5.41) is 2.77. The molecule has 0 aromatic heterocycles. The van der Waals surface area contributed by atoms with Crippen LogP contribution in [0.4, 0.5) is 11.4 Å². The summed E-state index contributed by atoms with van der Waals surface area (Å²) in [6, 6.07) is 4.49. The van der Waals surface area contributed by atoms with Crippen molar-refractivity contribution in [1.82, 2.24) is 10.0 Å². The summed E-state index contributed by atoms with van der Waals surface area (Å²) in [7, 11) is -2.18. The summed E-state index contributed by atoms with van der Waals surface area (Å²) in [6.07, 6.45) is 0.786. The Hall–Kier alpha value is -1.80. The molecule has 1 saturated heterocycles. The van der Waals surface area contributed by atoms with E-state index in [-0.39, 0.29) is 17.3 Å². The van der Waals surface area contributed by atoms with Gasteiger partial charge in [0, 0.05) is 13.1 Å². The number of hydrogen-bond acceptors (Lipinski definition) is 5. The molecule has 7 nitrogen and oxygen atoms in total. The van der Waals surface area contributed by atoms with Gasteiger partial charge in [-0.1, -0.05) is 0 Å². The quantitative estimate of drug-likeness (QED) is 0.653. The number of sulfonamides is 1. The van der Waals surface area contributed by atoms with Crippen molar-refractivity contribution in [2.24, 2.45) is 0 Å². The molecule has 0 radical (unpaired) electrons. The van der Waals surface area contributed by atoms with Crippen LogP contribution in [0.2, 0.25) is 0 Å². The highest BCUT2D eigenvalue weighted by Gasteiger charge is 2.20. The largest absolute Gasteiger partial charge is 0.397 e. The number of rotatable bonds is 3. The van der Waals surface area contributed by atoms with Crippen LogP contribution in [0, 0.1) is 0 Å². The second-order valence-electron chi connectivity index (χ2n) is 4.55. The molecule has 0 bridgehead atoms. The average molecular weight is 298 g/mol. The van der Waals surface area contributed by atoms with Crippen molar-refractivity contribution >= 4 is 27.3 Å². The molecule has 1 amide bonds. The molecule has 1 aliphatic heterocycles. The van der Waals surface area contributed by atoms with E-state index in [1.165, 1.54) is 19.2 Å². The summed E-state index contributed by atoms with van der Waals surface area (Å²) in [4.78, 5) is 13.5. The zero-order valence-corrected chi connectivity index (χ0v) is 12.0. The predicted octanol–water partition coefficient (Wildman–Crippen LogP) is -0.497. The number of nitrogens with two attached hydrogens (primary N) is 1. The lowest BCUT2D eigenvalue weighted by Crippen LogP contribution is -2.33. The lowest BCUT2D eigenvalue weighted by molar-refractivity contribution is -0.119. The summed E-state index contributed by atoms with van der Waals surface area (Å²) in [5.74, 6) is -0.0937. The number of hydrogen-bond donors (Lipinski definition) is 3. The lowest BCUT2D eigenvalue weighted by Gasteiger charge is -2.23. The number of nitrogens with one attached hydrogen (secondary N) is 2. The van der Waals surface area contributed by atoms with Crippen LogP contribution in [0.3, 0.4) is 0 Å². The molecule has 0 unspecified atom stereocenters. The third-order valence-electron chi connectivity index (χ3n) is 3.18. The number of nitrogen functional groups attached to an aromatic ring is 1. The average Bonchev–Trinajstić information content (AvgIpc) is 2.63. The van der Waals surface area contributed by atoms with Crippen LogP contribution >= 0.6 is 0 Å². The molecule has 1 aromatic rings. The first kappa shape index (κ1) is 14.6. The lowest BCUT2D eigenvalue weighted by atomic mass is 10.2. The van der Waals surface area contributed by atoms with Gasteiger partial charge in [0.25, 0.3) is 0 Å². The molecule has 4 N–H and O–H groups in total. The standard InChI is InChI=1S/C12H18N4O3S/c1-14-20(18,19)9-3-4-10(13)11(7-9)16-6-2-5-15-12(17)8-16/h3-4,7,14H,2,5-6,8,13H2,1H3,(H,15,17). The predicted molar refractivity (Wildman–Crippen MR) is 76.9 cm³/mol. The fourth-order valence-electron chi connectivity index (χ4n) is 2.09. The number of carbonyl (C=O) groups is 1. The van der Waals surface area contributed by atoms with Crippen LogP contribution in [-0.4, -0.2) is 41.0 Å². The van der Waals surface area contributed by atoms with Crippen LogP contribution in [0.15, 0.2) is 23.1 Å². The van der Waals surface area contributed by atoms with Gasteiger partial charge in [0.15, 0.2) is 0 Å². The van der Waals surface area contributed by atoms with E-state index in [1.54, 1.807) is 11.0 Å². The van der Waals surface area contributed by atoms with Gasteiger partial charge < -0.3 is 16.0 Å². The number of carbonyl (C=O) groups excluding carboxylic acids is 1. The third-order valence-corrected chi connectivity index (χ3v) is 4.60. The molecule has 0 saturated carbocycles. The van der Waals surface area contributed by atoms with Crippen molar-refractivity contribution in [2.45, 2.75) is 11.3 Å². The Labute approximate surface area is 118 Å². The second kappa shape index (κ2) is 5.68. The molecular formula is C12H18N4O3S. The van der Waals surface area contributed by atoms with E-state index in [0.717, 1.165) is 6.42 Å². The van der Waals surface area contributed by atoms with Crippen molar-refractivity contribution in [3.8, 4) is 0 Å². The van der Waals surface area contributed by atoms with Crippen molar-refractivity contribution in [3.05, 3.63) is 18.2 Å². The molecule has 1 aromatic carbocycles. The first-order valence-corrected chi connectivity index (χ1v) is 7.77. The number of nitrogens with zero attached hydrogens (tertiary/aromatic N) is 1. The molecule has 1 heterocycles. The Morgan fingerprint density at radius 1 is 1.40 bits per heavy atom. The minimum atomic E-state index is -3.53. The van der Waals surface area contributed by atoms with Crippen molar-refractivity contribution < 1.29 is 13.2 Å². The van der Waals surface area contributed by atoms with E-state index in [1.807, 2.05) is 0 Å². The Balaban J connectivity index is 2.40. The maximum atomic E-state index is 11.8. The van der Waals surface area contributed by atoms with E-state index >= 15 is 0 Å². The third kappa shape index (κ3) is 3.02. The van der Waals surface area contributed by atoms with Gasteiger partial charge in [-0.3, -0.25) is 4.79 Å². The normalized spacial score (nSPS) is 16.6. The maximum Gasteiger partial charge on any atom is 0.240 e. The van der Waals surface area contributed by atoms with E-state index in [4.69, 9.17) is 5.73 Å². The van der Waals surface area contributed by atoms with Gasteiger partial charge in [-0.05, 0) is 31.7 Å². The van der Waals surface area contributed by atoms with E-state index in [0.29, 0.717) is 24.5 Å². The van der Waals surface area contributed by atoms with Gasteiger partial charge in [-0.15, -0.1) is 0 Å². The topological polar surface area (TPSA) is 105 Å². The zero-order chi connectivity index (χ0) is 14.8. The number of amides is 1. The Bertz CT molecular complexity index is 615. The van der Waals surface area contributed by atoms with Gasteiger partial charge in [-0.2, -0.15) is 0 Å². The van der Waals surface area contributed by atoms with Crippen LogP contribution in [0.1, 0.15) is 6.42 Å². The summed E-state index contributed by atoms with van der Waals surface area (Å²) in [5.41, 5.74) is 6.93. The van der Waals surface area contributed by atoms with Gasteiger partial charge >= 0.3 is 0 Å². The Kier molecular flexibility index (Phi) is 4.15. The summed E-state index contributed by atoms with van der Waals surface area (Å²) < 4.78 is 25.9. The van der Waals surface area contributed by atoms with Crippen LogP contribution < -0.4 is 20.7 Å². The minimum absolute atomic E-state index is 0.0937. The van der Waals surface area contributed by atoms with Crippen molar-refractivity contribution in [3.63, 3.8) is 0 Å². The fraction of sp³-hybridized carbons (Fsp3) is 0.417. The molecule has 2 rings (SSSR count). The smallest absolute Gasteiger partial charge is 0.240 e. The van der Waals surface area contributed by atoms with Gasteiger partial charge in [-0.25, -0.2) is 13.1 Å². The molecular weight excluding hydrogens is 280 g/mol. The highest BCUT2D eigenvalue weighted by Crippen LogP contribution is 2.27. The number of anilines is 2. The Morgan fingerprint density at radius 3 is 2.85 bits per heavy atom. The Morgan fingerprint density at radius 2 is 2.15 bits per heavy atom. The molecule has 1 fully saturated rings. The molecule has 0 aliphatic carbocycles. The molecule has 110 valence electrons. The first-order valence-electron chi connectivity index (χ1n) is 6.29. The highest BCUT2D eigenvalue weighted by atomic mass is 32.2. The van der Waals surface area contributed by atoms with Gasteiger partial charge in [0.1, 0.15) is 0 Å². The molecule has 20 heavy (non-hydrogen) atoms. The second-order valence-corrected chi connectivity index (χ2v) is 6.44. The van der Waals surface area contributed by atoms with E-state index in [2.05, 4.69) is 10.0 Å². The van der Waals surface area contributed by atoms with Crippen LogP contribution in [0.5, 0.6) is 0 Å². The molecule has 0 atom stereocenters. The highest BCUT2D eigenvalue weighted by molar-refractivity contribution is 7.89. The van der Waals surface area contributed by atoms with E-state index in [9.17, 15) is 13.2 Å². The molecule has 0 spiro atoms. The van der Waals surface area contributed by atoms with Crippen LogP contribution in [0.25, 0.3) is 0 Å². The SMILES string of the molecule is CNS(=O)(=O)c1ccc(N)c(N2CCCNC(=O)C2)c1.